The molecule has 1 aromatic heterocycles. The predicted octanol–water partition coefficient (Wildman–Crippen LogP) is 3.14. The number of urea groups is 1. The fourth-order valence-electron chi connectivity index (χ4n) is 5.67. The molecular weight excluding hydrogens is 409 g/mol. The summed E-state index contributed by atoms with van der Waals surface area (Å²) in [5.74, 6) is 0.254. The molecule has 0 spiro atoms. The number of rotatable bonds is 3. The standard InChI is InChI=1S/C24H30FN5O2/c1-28-9-7-20(8-10-28)29-13-16-11-17(15-29)23-21(5-6-22(31)30(23)14-16)27-24(32)26-19-4-2-3-18(25)12-19/h2-6,12,16-17,20H,7-11,13-15H2,1H3,(H2,26,27,32)/t16-,17-/m1/s1. The van der Waals surface area contributed by atoms with Gasteiger partial charge in [0.2, 0.25) is 0 Å². The van der Waals surface area contributed by atoms with Crippen molar-refractivity contribution in [1.29, 1.82) is 0 Å². The molecule has 2 fully saturated rings. The third kappa shape index (κ3) is 4.29. The molecule has 8 heteroatoms. The minimum atomic E-state index is -0.442. The zero-order chi connectivity index (χ0) is 22.2. The van der Waals surface area contributed by atoms with E-state index in [1.54, 1.807) is 18.2 Å². The molecule has 0 unspecified atom stereocenters. The number of carbonyl (C=O) groups is 1. The van der Waals surface area contributed by atoms with E-state index in [-0.39, 0.29) is 11.5 Å². The van der Waals surface area contributed by atoms with Gasteiger partial charge in [-0.3, -0.25) is 9.69 Å². The fraction of sp³-hybridized carbons (Fsp3) is 0.500. The number of aromatic nitrogens is 1. The van der Waals surface area contributed by atoms with Crippen LogP contribution in [-0.4, -0.2) is 59.7 Å². The molecule has 170 valence electrons. The summed E-state index contributed by atoms with van der Waals surface area (Å²) in [5, 5.41) is 5.59. The Hall–Kier alpha value is -2.71. The average Bonchev–Trinajstić information content (AvgIpc) is 2.76. The minimum Gasteiger partial charge on any atom is -0.310 e. The van der Waals surface area contributed by atoms with Crippen molar-refractivity contribution in [2.24, 2.45) is 5.92 Å². The molecule has 0 saturated carbocycles. The third-order valence-electron chi connectivity index (χ3n) is 7.15. The van der Waals surface area contributed by atoms with Gasteiger partial charge in [0.05, 0.1) is 5.69 Å². The van der Waals surface area contributed by atoms with Crippen LogP contribution in [0.15, 0.2) is 41.2 Å². The molecule has 0 aliphatic carbocycles. The quantitative estimate of drug-likeness (QED) is 0.771. The van der Waals surface area contributed by atoms with Gasteiger partial charge in [-0.25, -0.2) is 9.18 Å². The number of anilines is 2. The van der Waals surface area contributed by atoms with Gasteiger partial charge in [0.25, 0.3) is 5.56 Å². The summed E-state index contributed by atoms with van der Waals surface area (Å²) in [6.07, 6.45) is 3.39. The van der Waals surface area contributed by atoms with Crippen LogP contribution in [0.3, 0.4) is 0 Å². The number of fused-ring (bicyclic) bond motifs is 4. The highest BCUT2D eigenvalue weighted by Gasteiger charge is 2.39. The second-order valence-corrected chi connectivity index (χ2v) is 9.46. The lowest BCUT2D eigenvalue weighted by Crippen LogP contribution is -2.53. The van der Waals surface area contributed by atoms with Gasteiger partial charge in [0.1, 0.15) is 5.82 Å². The molecule has 3 aliphatic heterocycles. The molecular formula is C24H30FN5O2. The Morgan fingerprint density at radius 2 is 1.88 bits per heavy atom. The van der Waals surface area contributed by atoms with Crippen LogP contribution in [0.4, 0.5) is 20.6 Å². The highest BCUT2D eigenvalue weighted by atomic mass is 19.1. The van der Waals surface area contributed by atoms with Crippen LogP contribution in [0.2, 0.25) is 0 Å². The molecule has 5 rings (SSSR count). The highest BCUT2D eigenvalue weighted by molar-refractivity contribution is 6.00. The van der Waals surface area contributed by atoms with E-state index in [2.05, 4.69) is 27.5 Å². The van der Waals surface area contributed by atoms with Gasteiger partial charge in [0, 0.05) is 49.0 Å². The summed E-state index contributed by atoms with van der Waals surface area (Å²) in [4.78, 5) is 30.3. The number of likely N-dealkylation sites (tertiary alicyclic amines) is 2. The third-order valence-corrected chi connectivity index (χ3v) is 7.15. The Bertz CT molecular complexity index is 1060. The number of nitrogens with zero attached hydrogens (tertiary/aromatic N) is 3. The number of pyridine rings is 1. The van der Waals surface area contributed by atoms with E-state index in [4.69, 9.17) is 0 Å². The minimum absolute atomic E-state index is 0.0153. The topological polar surface area (TPSA) is 69.6 Å². The Balaban J connectivity index is 1.36. The Kier molecular flexibility index (Phi) is 5.73. The molecule has 1 aromatic carbocycles. The summed E-state index contributed by atoms with van der Waals surface area (Å²) >= 11 is 0. The lowest BCUT2D eigenvalue weighted by Gasteiger charge is -2.47. The Morgan fingerprint density at radius 3 is 2.66 bits per heavy atom. The van der Waals surface area contributed by atoms with Crippen LogP contribution >= 0.6 is 0 Å². The van der Waals surface area contributed by atoms with Crippen molar-refractivity contribution in [3.05, 3.63) is 58.3 Å². The Labute approximate surface area is 187 Å². The van der Waals surface area contributed by atoms with E-state index in [0.717, 1.165) is 38.3 Å². The van der Waals surface area contributed by atoms with Crippen LogP contribution in [0.1, 0.15) is 30.9 Å². The van der Waals surface area contributed by atoms with Gasteiger partial charge in [-0.1, -0.05) is 6.07 Å². The maximum atomic E-state index is 13.4. The monoisotopic (exact) mass is 439 g/mol. The predicted molar refractivity (Wildman–Crippen MR) is 123 cm³/mol. The molecule has 4 heterocycles. The number of hydrogen-bond donors (Lipinski definition) is 2. The first-order chi connectivity index (χ1) is 15.5. The van der Waals surface area contributed by atoms with Crippen LogP contribution in [0.5, 0.6) is 0 Å². The highest BCUT2D eigenvalue weighted by Crippen LogP contribution is 2.40. The lowest BCUT2D eigenvalue weighted by atomic mass is 9.81. The first-order valence-electron chi connectivity index (χ1n) is 11.5. The number of nitrogens with one attached hydrogen (secondary N) is 2. The summed E-state index contributed by atoms with van der Waals surface area (Å²) in [6.45, 7) is 4.89. The molecule has 2 aromatic rings. The van der Waals surface area contributed by atoms with E-state index in [9.17, 15) is 14.0 Å². The number of carbonyl (C=O) groups excluding carboxylic acids is 1. The van der Waals surface area contributed by atoms with Crippen molar-refractivity contribution >= 4 is 17.4 Å². The molecule has 3 aliphatic rings. The van der Waals surface area contributed by atoms with Gasteiger partial charge >= 0.3 is 6.03 Å². The zero-order valence-electron chi connectivity index (χ0n) is 18.4. The van der Waals surface area contributed by atoms with Crippen molar-refractivity contribution in [2.75, 3.05) is 43.9 Å². The maximum absolute atomic E-state index is 13.4. The molecule has 2 amide bonds. The maximum Gasteiger partial charge on any atom is 0.323 e. The first-order valence-corrected chi connectivity index (χ1v) is 11.5. The van der Waals surface area contributed by atoms with Crippen molar-refractivity contribution in [2.45, 2.75) is 37.8 Å². The number of halogens is 1. The first kappa shape index (κ1) is 21.2. The second-order valence-electron chi connectivity index (χ2n) is 9.46. The van der Waals surface area contributed by atoms with Crippen molar-refractivity contribution < 1.29 is 9.18 Å². The van der Waals surface area contributed by atoms with Crippen LogP contribution < -0.4 is 16.2 Å². The second kappa shape index (κ2) is 8.67. The van der Waals surface area contributed by atoms with Crippen LogP contribution in [0.25, 0.3) is 0 Å². The molecule has 2 atom stereocenters. The van der Waals surface area contributed by atoms with E-state index in [1.807, 2.05) is 4.57 Å². The zero-order valence-corrected chi connectivity index (χ0v) is 18.4. The Morgan fingerprint density at radius 1 is 1.06 bits per heavy atom. The van der Waals surface area contributed by atoms with Gasteiger partial charge < -0.3 is 20.1 Å². The molecule has 2 bridgehead atoms. The average molecular weight is 440 g/mol. The molecule has 32 heavy (non-hydrogen) atoms. The van der Waals surface area contributed by atoms with E-state index >= 15 is 0 Å². The summed E-state index contributed by atoms with van der Waals surface area (Å²) in [6, 6.07) is 9.17. The number of piperidine rings is 2. The normalized spacial score (nSPS) is 24.1. The van der Waals surface area contributed by atoms with Gasteiger partial charge in [0.15, 0.2) is 0 Å². The number of amides is 2. The van der Waals surface area contributed by atoms with Crippen molar-refractivity contribution in [3.63, 3.8) is 0 Å². The van der Waals surface area contributed by atoms with E-state index < -0.39 is 11.8 Å². The summed E-state index contributed by atoms with van der Waals surface area (Å²) in [5.41, 5.74) is 1.95. The number of benzene rings is 1. The summed E-state index contributed by atoms with van der Waals surface area (Å²) < 4.78 is 15.3. The van der Waals surface area contributed by atoms with Crippen LogP contribution in [0, 0.1) is 11.7 Å². The SMILES string of the molecule is CN1CCC(N2C[C@H]3C[C@H](C2)c2c(NC(=O)Nc4cccc(F)c4)ccc(=O)n2C3)CC1. The molecule has 2 N–H and O–H groups in total. The number of hydrogen-bond acceptors (Lipinski definition) is 4. The lowest BCUT2D eigenvalue weighted by molar-refractivity contribution is 0.0519. The van der Waals surface area contributed by atoms with E-state index in [1.165, 1.54) is 31.0 Å². The van der Waals surface area contributed by atoms with E-state index in [0.29, 0.717) is 29.9 Å². The largest absolute Gasteiger partial charge is 0.323 e. The fourth-order valence-corrected chi connectivity index (χ4v) is 5.67. The molecule has 2 saturated heterocycles. The molecule has 0 radical (unpaired) electrons. The van der Waals surface area contributed by atoms with Crippen molar-refractivity contribution in [3.8, 4) is 0 Å². The smallest absolute Gasteiger partial charge is 0.310 e. The molecule has 7 nitrogen and oxygen atoms in total. The van der Waals surface area contributed by atoms with Gasteiger partial charge in [-0.15, -0.1) is 0 Å². The summed E-state index contributed by atoms with van der Waals surface area (Å²) in [7, 11) is 2.18. The van der Waals surface area contributed by atoms with Crippen molar-refractivity contribution in [1.82, 2.24) is 14.4 Å². The van der Waals surface area contributed by atoms with Gasteiger partial charge in [-0.05, 0) is 69.6 Å². The van der Waals surface area contributed by atoms with Gasteiger partial charge in [-0.2, -0.15) is 0 Å². The van der Waals surface area contributed by atoms with Crippen LogP contribution in [-0.2, 0) is 6.54 Å².